The Balaban J connectivity index is 0.000000364. The van der Waals surface area contributed by atoms with Crippen LogP contribution in [0.3, 0.4) is 0 Å². The number of nitrogens with zero attached hydrogens (tertiary/aromatic N) is 1. The molecule has 0 atom stereocenters. The van der Waals surface area contributed by atoms with E-state index in [2.05, 4.69) is 61.3 Å². The van der Waals surface area contributed by atoms with Crippen molar-refractivity contribution in [2.45, 2.75) is 87.5 Å². The van der Waals surface area contributed by atoms with Crippen molar-refractivity contribution >= 4 is 16.6 Å². The number of carbonyl (C=O) groups excluding carboxylic acids is 1. The number of fused-ring (bicyclic) bond motifs is 1. The van der Waals surface area contributed by atoms with Gasteiger partial charge in [-0.1, -0.05) is 85.7 Å². The van der Waals surface area contributed by atoms with E-state index in [0.29, 0.717) is 0 Å². The van der Waals surface area contributed by atoms with Gasteiger partial charge in [0.05, 0.1) is 0 Å². The van der Waals surface area contributed by atoms with E-state index in [0.717, 1.165) is 43.4 Å². The summed E-state index contributed by atoms with van der Waals surface area (Å²) >= 11 is 0. The summed E-state index contributed by atoms with van der Waals surface area (Å²) in [4.78, 5) is 16.7. The van der Waals surface area contributed by atoms with E-state index in [-0.39, 0.29) is 42.5 Å². The molecule has 0 unspecified atom stereocenters. The van der Waals surface area contributed by atoms with Gasteiger partial charge in [-0.2, -0.15) is 0 Å². The number of pyridine rings is 1. The molecule has 0 spiro atoms. The summed E-state index contributed by atoms with van der Waals surface area (Å²) in [5, 5.41) is 12.5. The smallest absolute Gasteiger partial charge is 0.164 e. The molecule has 3 nitrogen and oxygen atoms in total. The molecule has 0 amide bonds. The van der Waals surface area contributed by atoms with Gasteiger partial charge in [-0.05, 0) is 48.6 Å². The molecule has 0 aliphatic carbocycles. The molecule has 4 heteroatoms. The number of benzene rings is 2. The number of aryl methyl sites for hydroxylation is 2. The molecule has 1 radical (unpaired) electrons. The third-order valence-electron chi connectivity index (χ3n) is 7.98. The van der Waals surface area contributed by atoms with Crippen LogP contribution in [0, 0.1) is 23.8 Å². The van der Waals surface area contributed by atoms with Crippen LogP contribution in [0.5, 0.6) is 0 Å². The number of aromatic nitrogens is 1. The van der Waals surface area contributed by atoms with Gasteiger partial charge in [0.1, 0.15) is 5.76 Å². The maximum Gasteiger partial charge on any atom is 0.164 e. The second-order valence-corrected chi connectivity index (χ2v) is 10.3. The molecule has 1 N–H and O–H groups in total. The Labute approximate surface area is 238 Å². The molecule has 0 fully saturated rings. The van der Waals surface area contributed by atoms with Crippen molar-refractivity contribution < 1.29 is 30.0 Å². The number of carbonyl (C=O) groups is 1. The molecule has 37 heavy (non-hydrogen) atoms. The number of hydrogen-bond donors (Lipinski definition) is 1. The third-order valence-corrected chi connectivity index (χ3v) is 7.98. The Morgan fingerprint density at radius 1 is 0.919 bits per heavy atom. The normalized spacial score (nSPS) is 11.9. The van der Waals surface area contributed by atoms with Crippen LogP contribution in [-0.2, 0) is 31.3 Å². The Kier molecular flexibility index (Phi) is 12.9. The molecule has 0 saturated carbocycles. The van der Waals surface area contributed by atoms with Crippen molar-refractivity contribution in [1.82, 2.24) is 4.98 Å². The minimum absolute atomic E-state index is 0. The molecule has 0 bridgehead atoms. The van der Waals surface area contributed by atoms with E-state index in [1.54, 1.807) is 0 Å². The molecule has 0 aliphatic rings. The van der Waals surface area contributed by atoms with E-state index in [9.17, 15) is 9.90 Å². The van der Waals surface area contributed by atoms with Gasteiger partial charge < -0.3 is 10.1 Å². The summed E-state index contributed by atoms with van der Waals surface area (Å²) < 4.78 is 0. The van der Waals surface area contributed by atoms with Gasteiger partial charge in [0, 0.05) is 43.2 Å². The third kappa shape index (κ3) is 8.35. The fourth-order valence-electron chi connectivity index (χ4n) is 4.05. The zero-order chi connectivity index (χ0) is 26.9. The monoisotopic (exact) mass is 679 g/mol. The topological polar surface area (TPSA) is 50.2 Å². The van der Waals surface area contributed by atoms with Gasteiger partial charge in [-0.3, -0.25) is 4.79 Å². The molecule has 203 valence electrons. The van der Waals surface area contributed by atoms with Crippen LogP contribution in [0.15, 0.2) is 60.5 Å². The number of rotatable bonds is 9. The van der Waals surface area contributed by atoms with Crippen LogP contribution < -0.4 is 0 Å². The molecule has 3 aromatic rings. The standard InChI is InChI=1S/C18H16N.C15H28O2.Ir/c1-3-14-8-13(2)9-17(10-14)18-11-15-6-4-5-7-16(15)12-19-18;1-7-14(5,8-2)12(16)11-13(17)15(6,9-3)10-4;/h4-8,10-12H,3H2,1-2H3;11,16H,7-10H2,1-6H3;/q-1;;/b;12-11-;. The largest absolute Gasteiger partial charge is 0.512 e. The van der Waals surface area contributed by atoms with Gasteiger partial charge >= 0.3 is 0 Å². The first kappa shape index (κ1) is 32.7. The van der Waals surface area contributed by atoms with Gasteiger partial charge in [-0.15, -0.1) is 34.9 Å². The summed E-state index contributed by atoms with van der Waals surface area (Å²) in [5.41, 5.74) is 3.99. The van der Waals surface area contributed by atoms with Crippen molar-refractivity contribution in [2.24, 2.45) is 10.8 Å². The molecule has 1 heterocycles. The van der Waals surface area contributed by atoms with Crippen molar-refractivity contribution in [2.75, 3.05) is 0 Å². The van der Waals surface area contributed by atoms with Crippen LogP contribution in [0.4, 0.5) is 0 Å². The summed E-state index contributed by atoms with van der Waals surface area (Å²) in [6, 6.07) is 18.2. The molecule has 2 aromatic carbocycles. The maximum absolute atomic E-state index is 12.2. The average molecular weight is 679 g/mol. The fourth-order valence-corrected chi connectivity index (χ4v) is 4.05. The predicted octanol–water partition coefficient (Wildman–Crippen LogP) is 9.22. The van der Waals surface area contributed by atoms with Gasteiger partial charge in [0.25, 0.3) is 0 Å². The summed E-state index contributed by atoms with van der Waals surface area (Å²) in [6.45, 7) is 16.3. The summed E-state index contributed by atoms with van der Waals surface area (Å²) in [6.07, 6.45) is 7.73. The van der Waals surface area contributed by atoms with Crippen molar-refractivity contribution in [1.29, 1.82) is 0 Å². The fraction of sp³-hybridized carbons (Fsp3) is 0.455. The number of ketones is 1. The molecule has 3 rings (SSSR count). The quantitative estimate of drug-likeness (QED) is 0.140. The zero-order valence-corrected chi connectivity index (χ0v) is 26.3. The molecule has 1 aromatic heterocycles. The van der Waals surface area contributed by atoms with Crippen molar-refractivity contribution in [3.05, 3.63) is 77.7 Å². The molecular weight excluding hydrogens is 635 g/mol. The first-order valence-corrected chi connectivity index (χ1v) is 13.4. The Bertz CT molecular complexity index is 1190. The summed E-state index contributed by atoms with van der Waals surface area (Å²) in [7, 11) is 0. The second kappa shape index (κ2) is 14.6. The first-order valence-electron chi connectivity index (χ1n) is 13.4. The average Bonchev–Trinajstić information content (AvgIpc) is 2.91. The van der Waals surface area contributed by atoms with Gasteiger partial charge in [0.15, 0.2) is 5.78 Å². The Hall–Kier alpha value is -2.29. The Morgan fingerprint density at radius 3 is 2.03 bits per heavy atom. The Morgan fingerprint density at radius 2 is 1.49 bits per heavy atom. The SMILES string of the molecule is CCC(C)(CC)C(=O)/C=C(\O)C(C)(CC)CC.CCc1cc(C)[c-]c(-c2cc3ccccc3cn2)c1.[Ir]. The number of aliphatic hydroxyl groups excluding tert-OH is 1. The predicted molar refractivity (Wildman–Crippen MR) is 153 cm³/mol. The minimum atomic E-state index is -0.337. The number of aliphatic hydroxyl groups is 1. The molecule has 0 aliphatic heterocycles. The minimum Gasteiger partial charge on any atom is -0.512 e. The number of hydrogen-bond acceptors (Lipinski definition) is 3. The van der Waals surface area contributed by atoms with E-state index in [1.807, 2.05) is 53.8 Å². The summed E-state index contributed by atoms with van der Waals surface area (Å²) in [5.74, 6) is 0.286. The zero-order valence-electron chi connectivity index (χ0n) is 23.9. The van der Waals surface area contributed by atoms with E-state index in [1.165, 1.54) is 28.0 Å². The van der Waals surface area contributed by atoms with E-state index < -0.39 is 0 Å². The van der Waals surface area contributed by atoms with Crippen LogP contribution >= 0.6 is 0 Å². The molecule has 0 saturated heterocycles. The van der Waals surface area contributed by atoms with Crippen molar-refractivity contribution in [3.63, 3.8) is 0 Å². The number of allylic oxidation sites excluding steroid dienone is 2. The second-order valence-electron chi connectivity index (χ2n) is 10.3. The molecular formula is C33H44IrNO2-. The van der Waals surface area contributed by atoms with Gasteiger partial charge in [-0.25, -0.2) is 0 Å². The van der Waals surface area contributed by atoms with E-state index in [4.69, 9.17) is 0 Å². The van der Waals surface area contributed by atoms with Gasteiger partial charge in [0.2, 0.25) is 0 Å². The van der Waals surface area contributed by atoms with Crippen LogP contribution in [0.1, 0.15) is 85.3 Å². The van der Waals surface area contributed by atoms with E-state index >= 15 is 0 Å². The van der Waals surface area contributed by atoms with Crippen LogP contribution in [0.2, 0.25) is 0 Å². The van der Waals surface area contributed by atoms with Crippen molar-refractivity contribution in [3.8, 4) is 11.3 Å². The first-order chi connectivity index (χ1) is 17.0. The van der Waals surface area contributed by atoms with Crippen LogP contribution in [-0.4, -0.2) is 15.9 Å². The maximum atomic E-state index is 12.2. The van der Waals surface area contributed by atoms with Crippen LogP contribution in [0.25, 0.3) is 22.0 Å².